The van der Waals surface area contributed by atoms with E-state index in [1.807, 2.05) is 19.1 Å². The zero-order valence-corrected chi connectivity index (χ0v) is 11.9. The SMILES string of the molecule is CCc1ccc(O)c(NC(=O)C2CCNCC2)c1.Cl. The fourth-order valence-electron chi connectivity index (χ4n) is 2.22. The minimum Gasteiger partial charge on any atom is -0.506 e. The van der Waals surface area contributed by atoms with Crippen LogP contribution in [0.4, 0.5) is 5.69 Å². The summed E-state index contributed by atoms with van der Waals surface area (Å²) in [6, 6.07) is 5.35. The zero-order chi connectivity index (χ0) is 13.0. The van der Waals surface area contributed by atoms with Gasteiger partial charge >= 0.3 is 0 Å². The van der Waals surface area contributed by atoms with E-state index in [0.29, 0.717) is 5.69 Å². The second-order valence-electron chi connectivity index (χ2n) is 4.72. The van der Waals surface area contributed by atoms with Crippen molar-refractivity contribution in [1.29, 1.82) is 0 Å². The van der Waals surface area contributed by atoms with Gasteiger partial charge in [-0.1, -0.05) is 13.0 Å². The highest BCUT2D eigenvalue weighted by atomic mass is 35.5. The number of halogens is 1. The first-order chi connectivity index (χ1) is 8.70. The summed E-state index contributed by atoms with van der Waals surface area (Å²) in [5.41, 5.74) is 1.63. The molecule has 1 saturated heterocycles. The van der Waals surface area contributed by atoms with Crippen molar-refractivity contribution in [3.63, 3.8) is 0 Å². The van der Waals surface area contributed by atoms with Crippen molar-refractivity contribution < 1.29 is 9.90 Å². The summed E-state index contributed by atoms with van der Waals surface area (Å²) in [6.45, 7) is 3.82. The summed E-state index contributed by atoms with van der Waals surface area (Å²) in [4.78, 5) is 12.1. The molecule has 0 aliphatic carbocycles. The monoisotopic (exact) mass is 284 g/mol. The van der Waals surface area contributed by atoms with E-state index in [-0.39, 0.29) is 30.0 Å². The van der Waals surface area contributed by atoms with Crippen molar-refractivity contribution in [3.05, 3.63) is 23.8 Å². The normalized spacial score (nSPS) is 15.6. The van der Waals surface area contributed by atoms with Crippen LogP contribution in [0.5, 0.6) is 5.75 Å². The molecule has 1 amide bonds. The molecule has 3 N–H and O–H groups in total. The van der Waals surface area contributed by atoms with E-state index in [2.05, 4.69) is 10.6 Å². The Morgan fingerprint density at radius 2 is 2.11 bits per heavy atom. The van der Waals surface area contributed by atoms with E-state index in [0.717, 1.165) is 37.9 Å². The number of hydrogen-bond donors (Lipinski definition) is 3. The predicted molar refractivity (Wildman–Crippen MR) is 79.0 cm³/mol. The van der Waals surface area contributed by atoms with Crippen molar-refractivity contribution in [3.8, 4) is 5.75 Å². The molecule has 1 aliphatic rings. The van der Waals surface area contributed by atoms with Gasteiger partial charge in [-0.15, -0.1) is 12.4 Å². The summed E-state index contributed by atoms with van der Waals surface area (Å²) >= 11 is 0. The van der Waals surface area contributed by atoms with Crippen LogP contribution >= 0.6 is 12.4 Å². The lowest BCUT2D eigenvalue weighted by Crippen LogP contribution is -2.34. The van der Waals surface area contributed by atoms with Gasteiger partial charge in [-0.05, 0) is 50.0 Å². The van der Waals surface area contributed by atoms with Gasteiger partial charge in [0.1, 0.15) is 5.75 Å². The Balaban J connectivity index is 0.00000180. The number of piperidine rings is 1. The third kappa shape index (κ3) is 4.11. The van der Waals surface area contributed by atoms with E-state index >= 15 is 0 Å². The molecule has 0 bridgehead atoms. The molecule has 0 spiro atoms. The molecule has 19 heavy (non-hydrogen) atoms. The first-order valence-corrected chi connectivity index (χ1v) is 6.54. The van der Waals surface area contributed by atoms with Gasteiger partial charge in [-0.25, -0.2) is 0 Å². The number of amides is 1. The van der Waals surface area contributed by atoms with E-state index in [9.17, 15) is 9.90 Å². The molecule has 0 aromatic heterocycles. The van der Waals surface area contributed by atoms with Gasteiger partial charge < -0.3 is 15.7 Å². The van der Waals surface area contributed by atoms with Gasteiger partial charge in [0.25, 0.3) is 0 Å². The number of nitrogens with one attached hydrogen (secondary N) is 2. The van der Waals surface area contributed by atoms with Gasteiger partial charge in [0.15, 0.2) is 0 Å². The number of aryl methyl sites for hydroxylation is 1. The lowest BCUT2D eigenvalue weighted by atomic mass is 9.97. The summed E-state index contributed by atoms with van der Waals surface area (Å²) in [5, 5.41) is 15.8. The second-order valence-corrected chi connectivity index (χ2v) is 4.72. The van der Waals surface area contributed by atoms with Crippen molar-refractivity contribution >= 4 is 24.0 Å². The number of benzene rings is 1. The summed E-state index contributed by atoms with van der Waals surface area (Å²) in [6.07, 6.45) is 2.61. The van der Waals surface area contributed by atoms with Gasteiger partial charge in [0, 0.05) is 5.92 Å². The Morgan fingerprint density at radius 1 is 1.42 bits per heavy atom. The van der Waals surface area contributed by atoms with Crippen LogP contribution in [0.1, 0.15) is 25.3 Å². The quantitative estimate of drug-likeness (QED) is 0.747. The smallest absolute Gasteiger partial charge is 0.227 e. The molecular formula is C14H21ClN2O2. The fourth-order valence-corrected chi connectivity index (χ4v) is 2.22. The van der Waals surface area contributed by atoms with Gasteiger partial charge in [0.2, 0.25) is 5.91 Å². The minimum absolute atomic E-state index is 0. The van der Waals surface area contributed by atoms with Crippen molar-refractivity contribution in [2.24, 2.45) is 5.92 Å². The number of phenolic OH excluding ortho intramolecular Hbond substituents is 1. The highest BCUT2D eigenvalue weighted by Gasteiger charge is 2.21. The van der Waals surface area contributed by atoms with E-state index < -0.39 is 0 Å². The van der Waals surface area contributed by atoms with Crippen LogP contribution in [-0.4, -0.2) is 24.1 Å². The van der Waals surface area contributed by atoms with Gasteiger partial charge in [-0.3, -0.25) is 4.79 Å². The maximum absolute atomic E-state index is 12.1. The predicted octanol–water partition coefficient (Wildman–Crippen LogP) is 2.31. The average molecular weight is 285 g/mol. The van der Waals surface area contributed by atoms with Gasteiger partial charge in [0.05, 0.1) is 5.69 Å². The molecule has 5 heteroatoms. The molecule has 0 radical (unpaired) electrons. The maximum atomic E-state index is 12.1. The number of hydrogen-bond acceptors (Lipinski definition) is 3. The molecule has 1 aromatic rings. The third-order valence-corrected chi connectivity index (χ3v) is 3.44. The maximum Gasteiger partial charge on any atom is 0.227 e. The first kappa shape index (κ1) is 15.8. The Hall–Kier alpha value is -1.26. The molecule has 1 aromatic carbocycles. The van der Waals surface area contributed by atoms with Crippen LogP contribution < -0.4 is 10.6 Å². The molecule has 106 valence electrons. The largest absolute Gasteiger partial charge is 0.506 e. The standard InChI is InChI=1S/C14H20N2O2.ClH/c1-2-10-3-4-13(17)12(9-10)16-14(18)11-5-7-15-8-6-11;/h3-4,9,11,15,17H,2,5-8H2,1H3,(H,16,18);1H. The summed E-state index contributed by atoms with van der Waals surface area (Å²) in [7, 11) is 0. The Labute approximate surface area is 120 Å². The molecule has 0 unspecified atom stereocenters. The second kappa shape index (κ2) is 7.36. The van der Waals surface area contributed by atoms with Crippen LogP contribution in [0.2, 0.25) is 0 Å². The fraction of sp³-hybridized carbons (Fsp3) is 0.500. The highest BCUT2D eigenvalue weighted by molar-refractivity contribution is 5.94. The highest BCUT2D eigenvalue weighted by Crippen LogP contribution is 2.26. The molecule has 0 atom stereocenters. The van der Waals surface area contributed by atoms with Crippen molar-refractivity contribution in [2.45, 2.75) is 26.2 Å². The van der Waals surface area contributed by atoms with Gasteiger partial charge in [-0.2, -0.15) is 0 Å². The topological polar surface area (TPSA) is 61.4 Å². The van der Waals surface area contributed by atoms with E-state index in [4.69, 9.17) is 0 Å². The zero-order valence-electron chi connectivity index (χ0n) is 11.1. The van der Waals surface area contributed by atoms with Crippen LogP contribution in [0.15, 0.2) is 18.2 Å². The van der Waals surface area contributed by atoms with Crippen LogP contribution in [-0.2, 0) is 11.2 Å². The van der Waals surface area contributed by atoms with E-state index in [1.165, 1.54) is 0 Å². The molecule has 1 aliphatic heterocycles. The summed E-state index contributed by atoms with van der Waals surface area (Å²) < 4.78 is 0. The Bertz CT molecular complexity index is 431. The average Bonchev–Trinajstić information content (AvgIpc) is 2.42. The van der Waals surface area contributed by atoms with Crippen molar-refractivity contribution in [2.75, 3.05) is 18.4 Å². The van der Waals surface area contributed by atoms with Crippen LogP contribution in [0.25, 0.3) is 0 Å². The molecule has 1 fully saturated rings. The number of phenols is 1. The molecule has 0 saturated carbocycles. The Kier molecular flexibility index (Phi) is 6.12. The number of carbonyl (C=O) groups excluding carboxylic acids is 1. The molecular weight excluding hydrogens is 264 g/mol. The first-order valence-electron chi connectivity index (χ1n) is 6.54. The number of rotatable bonds is 3. The number of carbonyl (C=O) groups is 1. The number of anilines is 1. The summed E-state index contributed by atoms with van der Waals surface area (Å²) in [5.74, 6) is 0.200. The van der Waals surface area contributed by atoms with Crippen LogP contribution in [0, 0.1) is 5.92 Å². The molecule has 4 nitrogen and oxygen atoms in total. The minimum atomic E-state index is 0. The van der Waals surface area contributed by atoms with Crippen molar-refractivity contribution in [1.82, 2.24) is 5.32 Å². The van der Waals surface area contributed by atoms with E-state index in [1.54, 1.807) is 6.07 Å². The number of aromatic hydroxyl groups is 1. The lowest BCUT2D eigenvalue weighted by molar-refractivity contribution is -0.120. The molecule has 2 rings (SSSR count). The lowest BCUT2D eigenvalue weighted by Gasteiger charge is -2.22. The Morgan fingerprint density at radius 3 is 2.74 bits per heavy atom. The molecule has 1 heterocycles. The van der Waals surface area contributed by atoms with Crippen LogP contribution in [0.3, 0.4) is 0 Å². The third-order valence-electron chi connectivity index (χ3n) is 3.44.